The third kappa shape index (κ3) is 5.68. The van der Waals surface area contributed by atoms with Gasteiger partial charge in [-0.15, -0.1) is 0 Å². The van der Waals surface area contributed by atoms with Gasteiger partial charge in [-0.1, -0.05) is 63.1 Å². The van der Waals surface area contributed by atoms with Gasteiger partial charge in [-0.3, -0.25) is 0 Å². The highest BCUT2D eigenvalue weighted by Gasteiger charge is 2.06. The maximum atomic E-state index is 5.91. The SMILES string of the molecule is CCCCCOC(C)c1ccc(-c2ccc(OCCC)cc2)cc1. The zero-order valence-corrected chi connectivity index (χ0v) is 15.3. The molecule has 0 spiro atoms. The summed E-state index contributed by atoms with van der Waals surface area (Å²) >= 11 is 0. The topological polar surface area (TPSA) is 18.5 Å². The van der Waals surface area contributed by atoms with E-state index < -0.39 is 0 Å². The summed E-state index contributed by atoms with van der Waals surface area (Å²) in [6.07, 6.45) is 4.80. The molecule has 2 aromatic carbocycles. The lowest BCUT2D eigenvalue weighted by atomic mass is 10.0. The van der Waals surface area contributed by atoms with Crippen LogP contribution in [0, 0.1) is 0 Å². The van der Waals surface area contributed by atoms with Crippen LogP contribution in [0.5, 0.6) is 5.75 Å². The van der Waals surface area contributed by atoms with Crippen molar-refractivity contribution in [3.05, 3.63) is 54.1 Å². The van der Waals surface area contributed by atoms with Crippen LogP contribution in [0.25, 0.3) is 11.1 Å². The van der Waals surface area contributed by atoms with E-state index in [1.807, 2.05) is 12.1 Å². The number of unbranched alkanes of at least 4 members (excludes halogenated alkanes) is 2. The maximum Gasteiger partial charge on any atom is 0.119 e. The lowest BCUT2D eigenvalue weighted by Crippen LogP contribution is -2.01. The lowest BCUT2D eigenvalue weighted by molar-refractivity contribution is 0.0630. The van der Waals surface area contributed by atoms with Crippen LogP contribution in [0.1, 0.15) is 58.1 Å². The second-order valence-electron chi connectivity index (χ2n) is 6.21. The van der Waals surface area contributed by atoms with Crippen molar-refractivity contribution in [3.63, 3.8) is 0 Å². The van der Waals surface area contributed by atoms with E-state index in [9.17, 15) is 0 Å². The van der Waals surface area contributed by atoms with Crippen molar-refractivity contribution in [2.24, 2.45) is 0 Å². The van der Waals surface area contributed by atoms with Gasteiger partial charge in [0.15, 0.2) is 0 Å². The Labute approximate surface area is 146 Å². The fraction of sp³-hybridized carbons (Fsp3) is 0.455. The van der Waals surface area contributed by atoms with E-state index in [0.717, 1.165) is 31.8 Å². The first-order valence-corrected chi connectivity index (χ1v) is 9.19. The number of ether oxygens (including phenoxy) is 2. The minimum absolute atomic E-state index is 0.153. The first-order chi connectivity index (χ1) is 11.7. The molecule has 1 atom stereocenters. The molecule has 0 aliphatic carbocycles. The highest BCUT2D eigenvalue weighted by Crippen LogP contribution is 2.25. The van der Waals surface area contributed by atoms with Gasteiger partial charge in [0.05, 0.1) is 12.7 Å². The predicted octanol–water partition coefficient (Wildman–Crippen LogP) is 6.41. The van der Waals surface area contributed by atoms with Crippen LogP contribution < -0.4 is 4.74 Å². The molecule has 0 aromatic heterocycles. The molecule has 2 heteroatoms. The number of hydrogen-bond donors (Lipinski definition) is 0. The molecule has 24 heavy (non-hydrogen) atoms. The third-order valence-corrected chi connectivity index (χ3v) is 4.16. The van der Waals surface area contributed by atoms with Crippen LogP contribution >= 0.6 is 0 Å². The average Bonchev–Trinajstić information content (AvgIpc) is 2.64. The van der Waals surface area contributed by atoms with Gasteiger partial charge in [0.25, 0.3) is 0 Å². The largest absolute Gasteiger partial charge is 0.494 e. The van der Waals surface area contributed by atoms with Crippen molar-refractivity contribution in [3.8, 4) is 16.9 Å². The average molecular weight is 326 g/mol. The minimum Gasteiger partial charge on any atom is -0.494 e. The van der Waals surface area contributed by atoms with Crippen LogP contribution in [0.2, 0.25) is 0 Å². The van der Waals surface area contributed by atoms with E-state index in [4.69, 9.17) is 9.47 Å². The van der Waals surface area contributed by atoms with E-state index >= 15 is 0 Å². The van der Waals surface area contributed by atoms with E-state index in [1.165, 1.54) is 29.5 Å². The first-order valence-electron chi connectivity index (χ1n) is 9.19. The second kappa shape index (κ2) is 10.1. The van der Waals surface area contributed by atoms with Gasteiger partial charge < -0.3 is 9.47 Å². The van der Waals surface area contributed by atoms with Crippen molar-refractivity contribution < 1.29 is 9.47 Å². The Morgan fingerprint density at radius 2 is 1.38 bits per heavy atom. The highest BCUT2D eigenvalue weighted by molar-refractivity contribution is 5.64. The van der Waals surface area contributed by atoms with E-state index in [0.29, 0.717) is 0 Å². The van der Waals surface area contributed by atoms with Crippen LogP contribution in [-0.2, 0) is 4.74 Å². The smallest absolute Gasteiger partial charge is 0.119 e. The van der Waals surface area contributed by atoms with Gasteiger partial charge in [0.2, 0.25) is 0 Å². The molecule has 0 heterocycles. The quantitative estimate of drug-likeness (QED) is 0.470. The normalized spacial score (nSPS) is 12.1. The van der Waals surface area contributed by atoms with Gasteiger partial charge in [0.1, 0.15) is 5.75 Å². The molecule has 0 aliphatic rings. The first kappa shape index (κ1) is 18.5. The van der Waals surface area contributed by atoms with Crippen molar-refractivity contribution in [1.82, 2.24) is 0 Å². The van der Waals surface area contributed by atoms with E-state index in [2.05, 4.69) is 57.2 Å². The summed E-state index contributed by atoms with van der Waals surface area (Å²) in [4.78, 5) is 0. The van der Waals surface area contributed by atoms with Crippen LogP contribution in [0.4, 0.5) is 0 Å². The monoisotopic (exact) mass is 326 g/mol. The summed E-state index contributed by atoms with van der Waals surface area (Å²) in [6.45, 7) is 8.07. The van der Waals surface area contributed by atoms with Crippen molar-refractivity contribution in [1.29, 1.82) is 0 Å². The number of rotatable bonds is 10. The van der Waals surface area contributed by atoms with E-state index in [-0.39, 0.29) is 6.10 Å². The summed E-state index contributed by atoms with van der Waals surface area (Å²) in [5.41, 5.74) is 3.67. The molecule has 0 saturated carbocycles. The molecule has 0 aliphatic heterocycles. The van der Waals surface area contributed by atoms with Crippen LogP contribution in [-0.4, -0.2) is 13.2 Å². The molecule has 0 fully saturated rings. The summed E-state index contributed by atoms with van der Waals surface area (Å²) < 4.78 is 11.5. The van der Waals surface area contributed by atoms with Crippen molar-refractivity contribution in [2.45, 2.75) is 52.6 Å². The zero-order valence-electron chi connectivity index (χ0n) is 15.3. The standard InChI is InChI=1S/C22H30O2/c1-4-6-7-17-23-18(3)19-8-10-20(11-9-19)21-12-14-22(15-13-21)24-16-5-2/h8-15,18H,4-7,16-17H2,1-3H3. The number of benzene rings is 2. The predicted molar refractivity (Wildman–Crippen MR) is 102 cm³/mol. The molecule has 0 N–H and O–H groups in total. The Morgan fingerprint density at radius 1 is 0.750 bits per heavy atom. The Hall–Kier alpha value is -1.80. The summed E-state index contributed by atoms with van der Waals surface area (Å²) in [5.74, 6) is 0.936. The fourth-order valence-electron chi connectivity index (χ4n) is 2.62. The van der Waals surface area contributed by atoms with Gasteiger partial charge in [0, 0.05) is 6.61 Å². The Bertz CT molecular complexity index is 572. The molecule has 0 radical (unpaired) electrons. The molecule has 0 amide bonds. The zero-order chi connectivity index (χ0) is 17.2. The maximum absolute atomic E-state index is 5.91. The lowest BCUT2D eigenvalue weighted by Gasteiger charge is -2.14. The van der Waals surface area contributed by atoms with E-state index in [1.54, 1.807) is 0 Å². The van der Waals surface area contributed by atoms with Gasteiger partial charge in [-0.25, -0.2) is 0 Å². The summed E-state index contributed by atoms with van der Waals surface area (Å²) in [7, 11) is 0. The molecule has 2 rings (SSSR count). The van der Waals surface area contributed by atoms with Crippen molar-refractivity contribution >= 4 is 0 Å². The van der Waals surface area contributed by atoms with Crippen molar-refractivity contribution in [2.75, 3.05) is 13.2 Å². The number of hydrogen-bond acceptors (Lipinski definition) is 2. The van der Waals surface area contributed by atoms with Gasteiger partial charge >= 0.3 is 0 Å². The minimum atomic E-state index is 0.153. The fourth-order valence-corrected chi connectivity index (χ4v) is 2.62. The van der Waals surface area contributed by atoms with Gasteiger partial charge in [-0.05, 0) is 48.6 Å². The summed E-state index contributed by atoms with van der Waals surface area (Å²) in [6, 6.07) is 17.0. The molecule has 130 valence electrons. The van der Waals surface area contributed by atoms with Crippen LogP contribution in [0.15, 0.2) is 48.5 Å². The molecule has 1 unspecified atom stereocenters. The Balaban J connectivity index is 1.93. The molecule has 2 aromatic rings. The molecule has 0 saturated heterocycles. The molecule has 2 nitrogen and oxygen atoms in total. The van der Waals surface area contributed by atoms with Crippen LogP contribution in [0.3, 0.4) is 0 Å². The second-order valence-corrected chi connectivity index (χ2v) is 6.21. The summed E-state index contributed by atoms with van der Waals surface area (Å²) in [5, 5.41) is 0. The molecular formula is C22H30O2. The highest BCUT2D eigenvalue weighted by atomic mass is 16.5. The molecular weight excluding hydrogens is 296 g/mol. The van der Waals surface area contributed by atoms with Gasteiger partial charge in [-0.2, -0.15) is 0 Å². The molecule has 0 bridgehead atoms. The Kier molecular flexibility index (Phi) is 7.84. The third-order valence-electron chi connectivity index (χ3n) is 4.16. The Morgan fingerprint density at radius 3 is 1.96 bits per heavy atom.